The van der Waals surface area contributed by atoms with Gasteiger partial charge in [0, 0.05) is 10.9 Å². The zero-order valence-corrected chi connectivity index (χ0v) is 13.6. The molecule has 0 radical (unpaired) electrons. The summed E-state index contributed by atoms with van der Waals surface area (Å²) in [4.78, 5) is 4.79. The summed E-state index contributed by atoms with van der Waals surface area (Å²) in [6, 6.07) is 16.1. The van der Waals surface area contributed by atoms with Crippen LogP contribution in [0.5, 0.6) is 5.75 Å². The van der Waals surface area contributed by atoms with Gasteiger partial charge in [-0.3, -0.25) is 5.10 Å². The van der Waals surface area contributed by atoms with Crippen LogP contribution in [0, 0.1) is 0 Å². The van der Waals surface area contributed by atoms with Gasteiger partial charge in [-0.15, -0.1) is 11.8 Å². The standard InChI is InChI=1S/C18H15N3OS/c1-22-12-9-7-11(8-10-12)16-15-17(21-20-16)13-5-3-4-6-14(13)19-18(15)23-2/h3-10H,1-2H3,(H,20,21). The van der Waals surface area contributed by atoms with Gasteiger partial charge in [0.1, 0.15) is 16.5 Å². The van der Waals surface area contributed by atoms with Gasteiger partial charge in [-0.05, 0) is 36.6 Å². The fourth-order valence-electron chi connectivity index (χ4n) is 2.80. The van der Waals surface area contributed by atoms with Gasteiger partial charge in [0.15, 0.2) is 0 Å². The van der Waals surface area contributed by atoms with Crippen molar-refractivity contribution < 1.29 is 4.74 Å². The first-order chi connectivity index (χ1) is 11.3. The van der Waals surface area contributed by atoms with Crippen molar-refractivity contribution in [2.75, 3.05) is 13.4 Å². The smallest absolute Gasteiger partial charge is 0.118 e. The van der Waals surface area contributed by atoms with Gasteiger partial charge >= 0.3 is 0 Å². The van der Waals surface area contributed by atoms with E-state index in [0.29, 0.717) is 0 Å². The molecule has 0 spiro atoms. The number of fused-ring (bicyclic) bond motifs is 3. The Labute approximate surface area is 137 Å². The number of aromatic amines is 1. The predicted molar refractivity (Wildman–Crippen MR) is 95.2 cm³/mol. The van der Waals surface area contributed by atoms with Crippen LogP contribution >= 0.6 is 11.8 Å². The number of methoxy groups -OCH3 is 1. The molecule has 4 rings (SSSR count). The SMILES string of the molecule is COc1ccc(-c2n[nH]c3c2c(SC)nc2ccccc23)cc1. The third-order valence-electron chi connectivity index (χ3n) is 3.93. The number of para-hydroxylation sites is 1. The molecule has 0 aliphatic rings. The van der Waals surface area contributed by atoms with Crippen molar-refractivity contribution in [2.45, 2.75) is 5.03 Å². The molecule has 0 fully saturated rings. The summed E-state index contributed by atoms with van der Waals surface area (Å²) >= 11 is 1.64. The fraction of sp³-hybridized carbons (Fsp3) is 0.111. The monoisotopic (exact) mass is 321 g/mol. The van der Waals surface area contributed by atoms with Gasteiger partial charge in [0.05, 0.1) is 23.5 Å². The molecule has 0 atom stereocenters. The number of hydrogen-bond donors (Lipinski definition) is 1. The molecule has 1 N–H and O–H groups in total. The number of H-pyrrole nitrogens is 1. The van der Waals surface area contributed by atoms with E-state index in [9.17, 15) is 0 Å². The van der Waals surface area contributed by atoms with E-state index in [1.54, 1.807) is 18.9 Å². The summed E-state index contributed by atoms with van der Waals surface area (Å²) in [5.41, 5.74) is 3.98. The number of nitrogens with one attached hydrogen (secondary N) is 1. The number of ether oxygens (including phenoxy) is 1. The third-order valence-corrected chi connectivity index (χ3v) is 4.61. The molecule has 0 amide bonds. The fourth-order valence-corrected chi connectivity index (χ4v) is 3.39. The Balaban J connectivity index is 2.02. The minimum Gasteiger partial charge on any atom is -0.497 e. The Kier molecular flexibility index (Phi) is 3.42. The van der Waals surface area contributed by atoms with Crippen LogP contribution in [0.2, 0.25) is 0 Å². The van der Waals surface area contributed by atoms with Crippen LogP contribution in [-0.4, -0.2) is 28.5 Å². The predicted octanol–water partition coefficient (Wildman–Crippen LogP) is 4.51. The van der Waals surface area contributed by atoms with Gasteiger partial charge < -0.3 is 4.74 Å². The molecule has 114 valence electrons. The van der Waals surface area contributed by atoms with Crippen LogP contribution in [0.25, 0.3) is 33.1 Å². The van der Waals surface area contributed by atoms with Gasteiger partial charge in [0.2, 0.25) is 0 Å². The molecule has 0 bridgehead atoms. The number of nitrogens with zero attached hydrogens (tertiary/aromatic N) is 2. The van der Waals surface area contributed by atoms with E-state index < -0.39 is 0 Å². The lowest BCUT2D eigenvalue weighted by molar-refractivity contribution is 0.415. The van der Waals surface area contributed by atoms with Crippen molar-refractivity contribution in [2.24, 2.45) is 0 Å². The summed E-state index contributed by atoms with van der Waals surface area (Å²) in [5, 5.41) is 10.9. The minimum absolute atomic E-state index is 0.835. The van der Waals surface area contributed by atoms with Gasteiger partial charge in [0.25, 0.3) is 0 Å². The third kappa shape index (κ3) is 2.24. The maximum absolute atomic E-state index is 5.23. The van der Waals surface area contributed by atoms with Crippen molar-refractivity contribution in [1.82, 2.24) is 15.2 Å². The number of rotatable bonds is 3. The number of benzene rings is 2. The lowest BCUT2D eigenvalue weighted by Crippen LogP contribution is -1.87. The minimum atomic E-state index is 0.835. The van der Waals surface area contributed by atoms with Crippen molar-refractivity contribution >= 4 is 33.6 Å². The Morgan fingerprint density at radius 2 is 1.83 bits per heavy atom. The molecule has 4 nitrogen and oxygen atoms in total. The first-order valence-electron chi connectivity index (χ1n) is 7.27. The first-order valence-corrected chi connectivity index (χ1v) is 8.49. The lowest BCUT2D eigenvalue weighted by Gasteiger charge is -2.06. The molecule has 0 saturated carbocycles. The largest absolute Gasteiger partial charge is 0.497 e. The van der Waals surface area contributed by atoms with Crippen LogP contribution in [0.4, 0.5) is 0 Å². The zero-order chi connectivity index (χ0) is 15.8. The second-order valence-electron chi connectivity index (χ2n) is 5.19. The lowest BCUT2D eigenvalue weighted by atomic mass is 10.1. The maximum atomic E-state index is 5.23. The Morgan fingerprint density at radius 3 is 2.57 bits per heavy atom. The summed E-state index contributed by atoms with van der Waals surface area (Å²) in [5.74, 6) is 0.835. The Bertz CT molecular complexity index is 992. The molecule has 2 aromatic carbocycles. The van der Waals surface area contributed by atoms with Crippen molar-refractivity contribution in [3.63, 3.8) is 0 Å². The highest BCUT2D eigenvalue weighted by molar-refractivity contribution is 7.98. The number of pyridine rings is 1. The molecule has 0 aliphatic heterocycles. The van der Waals surface area contributed by atoms with Gasteiger partial charge in [-0.25, -0.2) is 4.98 Å². The van der Waals surface area contributed by atoms with Crippen molar-refractivity contribution in [1.29, 1.82) is 0 Å². The van der Waals surface area contributed by atoms with E-state index in [-0.39, 0.29) is 0 Å². The molecule has 0 unspecified atom stereocenters. The zero-order valence-electron chi connectivity index (χ0n) is 12.8. The Hall–Kier alpha value is -2.53. The molecule has 5 heteroatoms. The summed E-state index contributed by atoms with van der Waals surface area (Å²) < 4.78 is 5.23. The van der Waals surface area contributed by atoms with E-state index in [4.69, 9.17) is 9.72 Å². The average molecular weight is 321 g/mol. The second-order valence-corrected chi connectivity index (χ2v) is 5.98. The first kappa shape index (κ1) is 14.1. The maximum Gasteiger partial charge on any atom is 0.118 e. The van der Waals surface area contributed by atoms with E-state index in [1.807, 2.05) is 48.7 Å². The van der Waals surface area contributed by atoms with E-state index >= 15 is 0 Å². The van der Waals surface area contributed by atoms with Crippen LogP contribution < -0.4 is 4.74 Å². The summed E-state index contributed by atoms with van der Waals surface area (Å²) in [6.45, 7) is 0. The van der Waals surface area contributed by atoms with E-state index in [1.165, 1.54) is 0 Å². The summed E-state index contributed by atoms with van der Waals surface area (Å²) in [7, 11) is 1.67. The quantitative estimate of drug-likeness (QED) is 0.564. The van der Waals surface area contributed by atoms with Crippen LogP contribution in [-0.2, 0) is 0 Å². The number of hydrogen-bond acceptors (Lipinski definition) is 4. The molecule has 23 heavy (non-hydrogen) atoms. The summed E-state index contributed by atoms with van der Waals surface area (Å²) in [6.07, 6.45) is 2.04. The molecular weight excluding hydrogens is 306 g/mol. The van der Waals surface area contributed by atoms with Crippen LogP contribution in [0.3, 0.4) is 0 Å². The molecule has 2 aromatic heterocycles. The van der Waals surface area contributed by atoms with Crippen LogP contribution in [0.1, 0.15) is 0 Å². The number of thioether (sulfide) groups is 1. The molecule has 0 saturated heterocycles. The Morgan fingerprint density at radius 1 is 1.04 bits per heavy atom. The second kappa shape index (κ2) is 5.59. The highest BCUT2D eigenvalue weighted by Gasteiger charge is 2.16. The van der Waals surface area contributed by atoms with Gasteiger partial charge in [-0.2, -0.15) is 5.10 Å². The topological polar surface area (TPSA) is 50.8 Å². The highest BCUT2D eigenvalue weighted by atomic mass is 32.2. The average Bonchev–Trinajstić information content (AvgIpc) is 3.06. The molecular formula is C18H15N3OS. The molecule has 2 heterocycles. The number of aromatic nitrogens is 3. The molecule has 0 aliphatic carbocycles. The van der Waals surface area contributed by atoms with E-state index in [0.717, 1.165) is 43.8 Å². The highest BCUT2D eigenvalue weighted by Crippen LogP contribution is 2.36. The van der Waals surface area contributed by atoms with Crippen molar-refractivity contribution in [3.05, 3.63) is 48.5 Å². The molecule has 4 aromatic rings. The van der Waals surface area contributed by atoms with Crippen molar-refractivity contribution in [3.8, 4) is 17.0 Å². The van der Waals surface area contributed by atoms with Gasteiger partial charge in [-0.1, -0.05) is 18.2 Å². The van der Waals surface area contributed by atoms with Crippen LogP contribution in [0.15, 0.2) is 53.6 Å². The normalized spacial score (nSPS) is 11.2. The van der Waals surface area contributed by atoms with E-state index in [2.05, 4.69) is 16.3 Å².